The molecule has 1 N–H and O–H groups in total. The monoisotopic (exact) mass is 373 g/mol. The minimum absolute atomic E-state index is 0.0199. The molecule has 0 aliphatic carbocycles. The number of carbonyl (C=O) groups is 1. The molecular formula is C17H10F3N5O2. The number of fused-ring (bicyclic) bond motifs is 1. The van der Waals surface area contributed by atoms with E-state index in [2.05, 4.69) is 20.4 Å². The van der Waals surface area contributed by atoms with Crippen molar-refractivity contribution in [1.82, 2.24) is 19.6 Å². The molecule has 0 bridgehead atoms. The largest absolute Gasteiger partial charge is 0.432 e. The summed E-state index contributed by atoms with van der Waals surface area (Å²) in [7, 11) is 0. The van der Waals surface area contributed by atoms with Gasteiger partial charge in [0.2, 0.25) is 0 Å². The molecule has 7 nitrogen and oxygen atoms in total. The highest BCUT2D eigenvalue weighted by atomic mass is 19.4. The Hall–Kier alpha value is -3.69. The molecule has 1 amide bonds. The topological polar surface area (TPSA) is 85.3 Å². The third-order valence-electron chi connectivity index (χ3n) is 3.76. The van der Waals surface area contributed by atoms with Crippen molar-refractivity contribution in [2.75, 3.05) is 5.32 Å². The van der Waals surface area contributed by atoms with E-state index in [-0.39, 0.29) is 23.0 Å². The molecular weight excluding hydrogens is 363 g/mol. The molecule has 0 fully saturated rings. The first-order chi connectivity index (χ1) is 12.9. The Morgan fingerprint density at radius 2 is 1.93 bits per heavy atom. The predicted molar refractivity (Wildman–Crippen MR) is 87.9 cm³/mol. The van der Waals surface area contributed by atoms with Crippen LogP contribution in [0.25, 0.3) is 16.9 Å². The number of anilines is 1. The summed E-state index contributed by atoms with van der Waals surface area (Å²) in [6.07, 6.45) is -0.629. The van der Waals surface area contributed by atoms with Gasteiger partial charge in [-0.1, -0.05) is 18.2 Å². The van der Waals surface area contributed by atoms with Crippen LogP contribution in [0.2, 0.25) is 0 Å². The number of aromatic nitrogens is 4. The van der Waals surface area contributed by atoms with Gasteiger partial charge in [0.25, 0.3) is 5.91 Å². The van der Waals surface area contributed by atoms with E-state index in [9.17, 15) is 18.0 Å². The maximum absolute atomic E-state index is 13.3. The molecule has 0 aliphatic heterocycles. The third kappa shape index (κ3) is 3.12. The lowest BCUT2D eigenvalue weighted by Crippen LogP contribution is -2.16. The number of rotatable bonds is 3. The molecule has 27 heavy (non-hydrogen) atoms. The van der Waals surface area contributed by atoms with E-state index in [1.807, 2.05) is 0 Å². The van der Waals surface area contributed by atoms with Gasteiger partial charge in [-0.3, -0.25) is 10.1 Å². The van der Waals surface area contributed by atoms with E-state index < -0.39 is 17.6 Å². The van der Waals surface area contributed by atoms with Crippen LogP contribution in [0.1, 0.15) is 16.1 Å². The fourth-order valence-electron chi connectivity index (χ4n) is 2.57. The van der Waals surface area contributed by atoms with Crippen molar-refractivity contribution in [3.63, 3.8) is 0 Å². The number of amides is 1. The number of carbonyl (C=O) groups excluding carboxylic acids is 1. The lowest BCUT2D eigenvalue weighted by atomic mass is 10.0. The van der Waals surface area contributed by atoms with E-state index in [4.69, 9.17) is 4.42 Å². The van der Waals surface area contributed by atoms with E-state index in [1.54, 1.807) is 0 Å². The van der Waals surface area contributed by atoms with Crippen LogP contribution in [0.3, 0.4) is 0 Å². The number of imidazole rings is 1. The molecule has 0 spiro atoms. The summed E-state index contributed by atoms with van der Waals surface area (Å²) >= 11 is 0. The van der Waals surface area contributed by atoms with E-state index in [0.717, 1.165) is 6.07 Å². The third-order valence-corrected chi connectivity index (χ3v) is 3.76. The first kappa shape index (κ1) is 16.8. The lowest BCUT2D eigenvalue weighted by Gasteiger charge is -2.12. The maximum atomic E-state index is 13.3. The molecule has 10 heteroatoms. The van der Waals surface area contributed by atoms with Gasteiger partial charge in [0.15, 0.2) is 11.3 Å². The SMILES string of the molecule is O=C(Nc1ncco1)c1cnc2ccc(-c3ccccc3C(F)(F)F)nn12. The Labute approximate surface area is 149 Å². The van der Waals surface area contributed by atoms with Crippen LogP contribution < -0.4 is 5.32 Å². The van der Waals surface area contributed by atoms with E-state index in [1.165, 1.54) is 53.5 Å². The molecule has 4 aromatic rings. The van der Waals surface area contributed by atoms with Crippen LogP contribution in [0.4, 0.5) is 19.2 Å². The Kier molecular flexibility index (Phi) is 3.87. The standard InChI is InChI=1S/C17H10F3N5O2/c18-17(19,20)11-4-2-1-3-10(11)12-5-6-14-22-9-13(25(14)24-12)15(26)23-16-21-7-8-27-16/h1-9H,(H,21,23,26). The van der Waals surface area contributed by atoms with Gasteiger partial charge < -0.3 is 4.42 Å². The zero-order valence-electron chi connectivity index (χ0n) is 13.4. The number of halogens is 3. The van der Waals surface area contributed by atoms with Gasteiger partial charge in [-0.25, -0.2) is 14.5 Å². The number of nitrogens with one attached hydrogen (secondary N) is 1. The van der Waals surface area contributed by atoms with E-state index >= 15 is 0 Å². The van der Waals surface area contributed by atoms with Crippen molar-refractivity contribution in [1.29, 1.82) is 0 Å². The fourth-order valence-corrected chi connectivity index (χ4v) is 2.57. The summed E-state index contributed by atoms with van der Waals surface area (Å²) < 4.78 is 45.9. The summed E-state index contributed by atoms with van der Waals surface area (Å²) in [6.45, 7) is 0. The molecule has 3 heterocycles. The van der Waals surface area contributed by atoms with Gasteiger partial charge in [0.1, 0.15) is 6.26 Å². The molecule has 0 atom stereocenters. The lowest BCUT2D eigenvalue weighted by molar-refractivity contribution is -0.137. The van der Waals surface area contributed by atoms with Gasteiger partial charge in [0.05, 0.1) is 23.7 Å². The van der Waals surface area contributed by atoms with Crippen LogP contribution in [-0.4, -0.2) is 25.5 Å². The summed E-state index contributed by atoms with van der Waals surface area (Å²) in [5, 5.41) is 6.59. The zero-order valence-corrected chi connectivity index (χ0v) is 13.4. The second kappa shape index (κ2) is 6.24. The Balaban J connectivity index is 1.78. The van der Waals surface area contributed by atoms with Gasteiger partial charge >= 0.3 is 12.2 Å². The normalized spacial score (nSPS) is 11.7. The number of hydrogen-bond donors (Lipinski definition) is 1. The van der Waals surface area contributed by atoms with Crippen LogP contribution >= 0.6 is 0 Å². The highest BCUT2D eigenvalue weighted by Gasteiger charge is 2.33. The van der Waals surface area contributed by atoms with Crippen molar-refractivity contribution >= 4 is 17.6 Å². The van der Waals surface area contributed by atoms with Gasteiger partial charge in [-0.05, 0) is 18.2 Å². The van der Waals surface area contributed by atoms with Gasteiger partial charge in [-0.2, -0.15) is 18.3 Å². The maximum Gasteiger partial charge on any atom is 0.417 e. The number of hydrogen-bond acceptors (Lipinski definition) is 5. The smallest absolute Gasteiger partial charge is 0.417 e. The molecule has 0 saturated carbocycles. The molecule has 4 rings (SSSR count). The minimum Gasteiger partial charge on any atom is -0.432 e. The minimum atomic E-state index is -4.53. The average Bonchev–Trinajstić information content (AvgIpc) is 3.29. The number of oxazole rings is 1. The Morgan fingerprint density at radius 3 is 2.67 bits per heavy atom. The van der Waals surface area contributed by atoms with Crippen molar-refractivity contribution < 1.29 is 22.4 Å². The predicted octanol–water partition coefficient (Wildman–Crippen LogP) is 3.66. The number of nitrogens with zero attached hydrogens (tertiary/aromatic N) is 4. The van der Waals surface area contributed by atoms with Crippen molar-refractivity contribution in [3.8, 4) is 11.3 Å². The fraction of sp³-hybridized carbons (Fsp3) is 0.0588. The Bertz CT molecular complexity index is 1120. The van der Waals surface area contributed by atoms with E-state index in [0.29, 0.717) is 5.65 Å². The summed E-state index contributed by atoms with van der Waals surface area (Å²) in [5.74, 6) is -0.612. The first-order valence-electron chi connectivity index (χ1n) is 7.66. The van der Waals surface area contributed by atoms with Crippen molar-refractivity contribution in [3.05, 3.63) is 66.3 Å². The summed E-state index contributed by atoms with van der Waals surface area (Å²) in [5.41, 5.74) is -0.531. The van der Waals surface area contributed by atoms with Crippen molar-refractivity contribution in [2.45, 2.75) is 6.18 Å². The Morgan fingerprint density at radius 1 is 1.11 bits per heavy atom. The average molecular weight is 373 g/mol. The molecule has 0 unspecified atom stereocenters. The molecule has 3 aromatic heterocycles. The molecule has 0 aliphatic rings. The highest BCUT2D eigenvalue weighted by molar-refractivity contribution is 6.02. The number of benzene rings is 1. The number of alkyl halides is 3. The van der Waals surface area contributed by atoms with Crippen molar-refractivity contribution in [2.24, 2.45) is 0 Å². The van der Waals surface area contributed by atoms with Crippen LogP contribution in [0, 0.1) is 0 Å². The zero-order chi connectivity index (χ0) is 19.0. The van der Waals surface area contributed by atoms with Gasteiger partial charge in [0, 0.05) is 5.56 Å². The molecule has 0 saturated heterocycles. The van der Waals surface area contributed by atoms with Gasteiger partial charge in [-0.15, -0.1) is 0 Å². The first-order valence-corrected chi connectivity index (χ1v) is 7.66. The highest BCUT2D eigenvalue weighted by Crippen LogP contribution is 2.36. The second-order valence-corrected chi connectivity index (χ2v) is 5.47. The second-order valence-electron chi connectivity index (χ2n) is 5.47. The molecule has 0 radical (unpaired) electrons. The van der Waals surface area contributed by atoms with Crippen LogP contribution in [0.15, 0.2) is 59.5 Å². The molecule has 136 valence electrons. The van der Waals surface area contributed by atoms with Crippen LogP contribution in [0.5, 0.6) is 0 Å². The summed E-state index contributed by atoms with van der Waals surface area (Å²) in [6, 6.07) is 7.97. The molecule has 1 aromatic carbocycles. The quantitative estimate of drug-likeness (QED) is 0.592. The summed E-state index contributed by atoms with van der Waals surface area (Å²) in [4.78, 5) is 20.2. The van der Waals surface area contributed by atoms with Crippen LogP contribution in [-0.2, 0) is 6.18 Å².